The summed E-state index contributed by atoms with van der Waals surface area (Å²) in [5.74, 6) is -1.09. The number of hydrogen-bond donors (Lipinski definition) is 0. The minimum absolute atomic E-state index is 0.272. The van der Waals surface area contributed by atoms with Gasteiger partial charge in [0.25, 0.3) is 0 Å². The maximum Gasteiger partial charge on any atom is 0.419 e. The van der Waals surface area contributed by atoms with Gasteiger partial charge in [-0.3, -0.25) is 0 Å². The second-order valence-electron chi connectivity index (χ2n) is 2.22. The summed E-state index contributed by atoms with van der Waals surface area (Å²) in [6.07, 6.45) is -4.65. The number of halogens is 6. The van der Waals surface area contributed by atoms with Gasteiger partial charge in [0.2, 0.25) is 0 Å². The zero-order valence-electron chi connectivity index (χ0n) is 5.92. The third-order valence-corrected chi connectivity index (χ3v) is 2.36. The Labute approximate surface area is 84.6 Å². The van der Waals surface area contributed by atoms with Crippen molar-refractivity contribution in [3.8, 4) is 0 Å². The summed E-state index contributed by atoms with van der Waals surface area (Å²) in [6.45, 7) is 0. The molecule has 13 heavy (non-hydrogen) atoms. The Balaban J connectivity index is 3.43. The highest BCUT2D eigenvalue weighted by Crippen LogP contribution is 2.40. The number of rotatable bonds is 0. The Kier molecular flexibility index (Phi) is 2.87. The first-order valence-corrected chi connectivity index (χ1v) is 4.22. The SMILES string of the molecule is Fc1ccc(Br)c(C(F)(F)F)c1Cl. The van der Waals surface area contributed by atoms with E-state index in [1.165, 1.54) is 0 Å². The Hall–Kier alpha value is -0.290. The summed E-state index contributed by atoms with van der Waals surface area (Å²) >= 11 is 7.80. The van der Waals surface area contributed by atoms with Gasteiger partial charge in [0.15, 0.2) is 0 Å². The van der Waals surface area contributed by atoms with Gasteiger partial charge in [0.05, 0.1) is 10.6 Å². The lowest BCUT2D eigenvalue weighted by atomic mass is 10.2. The molecular weight excluding hydrogens is 275 g/mol. The van der Waals surface area contributed by atoms with Gasteiger partial charge in [-0.1, -0.05) is 27.5 Å². The zero-order valence-corrected chi connectivity index (χ0v) is 8.26. The van der Waals surface area contributed by atoms with Crippen LogP contribution in [0.5, 0.6) is 0 Å². The topological polar surface area (TPSA) is 0 Å². The van der Waals surface area contributed by atoms with Crippen LogP contribution in [0.25, 0.3) is 0 Å². The summed E-state index contributed by atoms with van der Waals surface area (Å²) < 4.78 is 49.0. The molecule has 0 bridgehead atoms. The molecule has 0 spiro atoms. The van der Waals surface area contributed by atoms with Crippen molar-refractivity contribution in [1.29, 1.82) is 0 Å². The molecule has 1 aromatic rings. The molecule has 0 aliphatic heterocycles. The van der Waals surface area contributed by atoms with E-state index < -0.39 is 22.6 Å². The standard InChI is InChI=1S/C7H2BrClF4/c8-3-1-2-4(10)6(9)5(3)7(11,12)13/h1-2H. The Morgan fingerprint density at radius 1 is 1.23 bits per heavy atom. The van der Waals surface area contributed by atoms with Crippen molar-refractivity contribution < 1.29 is 17.6 Å². The van der Waals surface area contributed by atoms with Gasteiger partial charge in [-0.25, -0.2) is 4.39 Å². The van der Waals surface area contributed by atoms with Gasteiger partial charge in [-0.15, -0.1) is 0 Å². The molecule has 1 rings (SSSR count). The Morgan fingerprint density at radius 2 is 1.77 bits per heavy atom. The van der Waals surface area contributed by atoms with Crippen LogP contribution >= 0.6 is 27.5 Å². The highest BCUT2D eigenvalue weighted by molar-refractivity contribution is 9.10. The summed E-state index contributed by atoms with van der Waals surface area (Å²) in [5, 5.41) is -0.915. The van der Waals surface area contributed by atoms with Crippen molar-refractivity contribution in [1.82, 2.24) is 0 Å². The molecule has 0 heterocycles. The van der Waals surface area contributed by atoms with Crippen LogP contribution in [0.1, 0.15) is 5.56 Å². The van der Waals surface area contributed by atoms with Crippen LogP contribution in [-0.2, 0) is 6.18 Å². The van der Waals surface area contributed by atoms with E-state index in [1.807, 2.05) is 0 Å². The summed E-state index contributed by atoms with van der Waals surface area (Å²) in [4.78, 5) is 0. The molecule has 1 aromatic carbocycles. The summed E-state index contributed by atoms with van der Waals surface area (Å²) in [6, 6.07) is 1.83. The fraction of sp³-hybridized carbons (Fsp3) is 0.143. The molecule has 0 unspecified atom stereocenters. The maximum atomic E-state index is 12.6. The minimum atomic E-state index is -4.65. The minimum Gasteiger partial charge on any atom is -0.205 e. The fourth-order valence-electron chi connectivity index (χ4n) is 0.787. The van der Waals surface area contributed by atoms with Crippen LogP contribution in [0.15, 0.2) is 16.6 Å². The maximum absolute atomic E-state index is 12.6. The lowest BCUT2D eigenvalue weighted by Gasteiger charge is -2.10. The van der Waals surface area contributed by atoms with E-state index in [1.54, 1.807) is 0 Å². The second-order valence-corrected chi connectivity index (χ2v) is 3.45. The quantitative estimate of drug-likeness (QED) is 0.491. The third-order valence-electron chi connectivity index (χ3n) is 1.33. The van der Waals surface area contributed by atoms with Crippen molar-refractivity contribution >= 4 is 27.5 Å². The highest BCUT2D eigenvalue weighted by atomic mass is 79.9. The molecule has 0 amide bonds. The average Bonchev–Trinajstić information content (AvgIpc) is 1.95. The van der Waals surface area contributed by atoms with E-state index in [9.17, 15) is 17.6 Å². The zero-order chi connectivity index (χ0) is 10.2. The van der Waals surface area contributed by atoms with Crippen LogP contribution in [0.2, 0.25) is 5.02 Å². The number of hydrogen-bond acceptors (Lipinski definition) is 0. The van der Waals surface area contributed by atoms with E-state index in [0.717, 1.165) is 12.1 Å². The van der Waals surface area contributed by atoms with Gasteiger partial charge in [0, 0.05) is 4.47 Å². The van der Waals surface area contributed by atoms with Crippen LogP contribution in [-0.4, -0.2) is 0 Å². The molecule has 0 saturated heterocycles. The van der Waals surface area contributed by atoms with Crippen molar-refractivity contribution in [2.24, 2.45) is 0 Å². The molecule has 0 nitrogen and oxygen atoms in total. The van der Waals surface area contributed by atoms with E-state index in [-0.39, 0.29) is 4.47 Å². The van der Waals surface area contributed by atoms with E-state index >= 15 is 0 Å². The van der Waals surface area contributed by atoms with Crippen molar-refractivity contribution in [3.63, 3.8) is 0 Å². The monoisotopic (exact) mass is 276 g/mol. The normalized spacial score (nSPS) is 11.8. The van der Waals surface area contributed by atoms with Gasteiger partial charge < -0.3 is 0 Å². The van der Waals surface area contributed by atoms with Gasteiger partial charge in [0.1, 0.15) is 5.82 Å². The van der Waals surface area contributed by atoms with Gasteiger partial charge >= 0.3 is 6.18 Å². The number of alkyl halides is 3. The molecule has 6 heteroatoms. The molecular formula is C7H2BrClF4. The number of benzene rings is 1. The van der Waals surface area contributed by atoms with Crippen molar-refractivity contribution in [3.05, 3.63) is 33.0 Å². The molecule has 0 aromatic heterocycles. The van der Waals surface area contributed by atoms with Crippen molar-refractivity contribution in [2.45, 2.75) is 6.18 Å². The van der Waals surface area contributed by atoms with Gasteiger partial charge in [-0.05, 0) is 12.1 Å². The first-order chi connectivity index (χ1) is 5.84. The van der Waals surface area contributed by atoms with Crippen LogP contribution in [0.3, 0.4) is 0 Å². The van der Waals surface area contributed by atoms with Gasteiger partial charge in [-0.2, -0.15) is 13.2 Å². The smallest absolute Gasteiger partial charge is 0.205 e. The Morgan fingerprint density at radius 3 is 2.15 bits per heavy atom. The lowest BCUT2D eigenvalue weighted by Crippen LogP contribution is -2.07. The Bertz CT molecular complexity index is 334. The molecule has 0 atom stereocenters. The molecule has 72 valence electrons. The second kappa shape index (κ2) is 3.46. The molecule has 0 aliphatic rings. The molecule has 0 saturated carbocycles. The first kappa shape index (κ1) is 10.8. The van der Waals surface area contributed by atoms with Crippen LogP contribution < -0.4 is 0 Å². The molecule has 0 radical (unpaired) electrons. The lowest BCUT2D eigenvalue weighted by molar-refractivity contribution is -0.138. The predicted octanol–water partition coefficient (Wildman–Crippen LogP) is 4.26. The first-order valence-electron chi connectivity index (χ1n) is 3.04. The largest absolute Gasteiger partial charge is 0.419 e. The third kappa shape index (κ3) is 2.14. The van der Waals surface area contributed by atoms with E-state index in [2.05, 4.69) is 15.9 Å². The average molecular weight is 277 g/mol. The molecule has 0 N–H and O–H groups in total. The fourth-order valence-corrected chi connectivity index (χ4v) is 1.73. The summed E-state index contributed by atoms with van der Waals surface area (Å²) in [5.41, 5.74) is -1.19. The van der Waals surface area contributed by atoms with Crippen LogP contribution in [0.4, 0.5) is 17.6 Å². The molecule has 0 fully saturated rings. The molecule has 0 aliphatic carbocycles. The highest BCUT2D eigenvalue weighted by Gasteiger charge is 2.36. The van der Waals surface area contributed by atoms with Crippen LogP contribution in [0, 0.1) is 5.82 Å². The van der Waals surface area contributed by atoms with E-state index in [0.29, 0.717) is 0 Å². The van der Waals surface area contributed by atoms with Crippen molar-refractivity contribution in [2.75, 3.05) is 0 Å². The summed E-state index contributed by atoms with van der Waals surface area (Å²) in [7, 11) is 0. The predicted molar refractivity (Wildman–Crippen MR) is 44.1 cm³/mol. The van der Waals surface area contributed by atoms with E-state index in [4.69, 9.17) is 11.6 Å².